The van der Waals surface area contributed by atoms with E-state index in [0.717, 1.165) is 6.07 Å². The molecule has 1 aromatic rings. The Hall–Kier alpha value is -1.43. The fraction of sp³-hybridized carbons (Fsp3) is 0.333. The molecule has 0 radical (unpaired) electrons. The Balaban J connectivity index is 2.87. The van der Waals surface area contributed by atoms with E-state index in [4.69, 9.17) is 5.11 Å². The first-order chi connectivity index (χ1) is 8.32. The summed E-state index contributed by atoms with van der Waals surface area (Å²) in [5.74, 6) is -2.55. The zero-order chi connectivity index (χ0) is 13.9. The van der Waals surface area contributed by atoms with Gasteiger partial charge in [0.05, 0.1) is 4.47 Å². The minimum atomic E-state index is -1.11. The summed E-state index contributed by atoms with van der Waals surface area (Å²) in [6, 6.07) is 2.87. The largest absolute Gasteiger partial charge is 0.480 e. The molecule has 0 aliphatic rings. The van der Waals surface area contributed by atoms with Crippen molar-refractivity contribution in [2.45, 2.75) is 19.9 Å². The molecular formula is C12H13BrFNO3. The van der Waals surface area contributed by atoms with Gasteiger partial charge in [-0.25, -0.2) is 9.18 Å². The summed E-state index contributed by atoms with van der Waals surface area (Å²) in [5.41, 5.74) is 0.0857. The van der Waals surface area contributed by atoms with Gasteiger partial charge in [-0.3, -0.25) is 4.79 Å². The zero-order valence-electron chi connectivity index (χ0n) is 9.91. The first-order valence-electron chi connectivity index (χ1n) is 5.31. The highest BCUT2D eigenvalue weighted by atomic mass is 79.9. The molecule has 0 bridgehead atoms. The fourth-order valence-corrected chi connectivity index (χ4v) is 1.62. The molecule has 2 N–H and O–H groups in total. The van der Waals surface area contributed by atoms with Crippen LogP contribution in [-0.2, 0) is 4.79 Å². The lowest BCUT2D eigenvalue weighted by Gasteiger charge is -2.17. The topological polar surface area (TPSA) is 66.4 Å². The summed E-state index contributed by atoms with van der Waals surface area (Å²) in [6.07, 6.45) is 0. The molecule has 18 heavy (non-hydrogen) atoms. The van der Waals surface area contributed by atoms with Crippen molar-refractivity contribution >= 4 is 27.8 Å². The van der Waals surface area contributed by atoms with Crippen LogP contribution < -0.4 is 5.32 Å². The Bertz CT molecular complexity index is 476. The molecule has 0 saturated carbocycles. The molecule has 1 aromatic carbocycles. The number of carbonyl (C=O) groups is 2. The number of carbonyl (C=O) groups excluding carboxylic acids is 1. The van der Waals surface area contributed by atoms with E-state index < -0.39 is 23.7 Å². The molecular weight excluding hydrogens is 305 g/mol. The van der Waals surface area contributed by atoms with Gasteiger partial charge < -0.3 is 10.4 Å². The number of rotatable bonds is 4. The molecule has 0 saturated heterocycles. The molecule has 0 aromatic heterocycles. The second-order valence-corrected chi connectivity index (χ2v) is 5.02. The van der Waals surface area contributed by atoms with Crippen LogP contribution in [0.4, 0.5) is 4.39 Å². The SMILES string of the molecule is CC(C)[C@@H](NC(=O)c1ccc(Br)c(F)c1)C(=O)O. The highest BCUT2D eigenvalue weighted by Crippen LogP contribution is 2.16. The summed E-state index contributed by atoms with van der Waals surface area (Å²) in [6.45, 7) is 3.36. The number of hydrogen-bond acceptors (Lipinski definition) is 2. The van der Waals surface area contributed by atoms with E-state index in [1.807, 2.05) is 0 Å². The number of benzene rings is 1. The molecule has 6 heteroatoms. The van der Waals surface area contributed by atoms with Crippen LogP contribution in [0.3, 0.4) is 0 Å². The third-order valence-corrected chi connectivity index (χ3v) is 3.04. The maximum atomic E-state index is 13.3. The van der Waals surface area contributed by atoms with Gasteiger partial charge in [-0.15, -0.1) is 0 Å². The lowest BCUT2D eigenvalue weighted by Crippen LogP contribution is -2.44. The van der Waals surface area contributed by atoms with E-state index >= 15 is 0 Å². The molecule has 1 amide bonds. The first-order valence-corrected chi connectivity index (χ1v) is 6.11. The van der Waals surface area contributed by atoms with Crippen molar-refractivity contribution < 1.29 is 19.1 Å². The fourth-order valence-electron chi connectivity index (χ4n) is 1.38. The summed E-state index contributed by atoms with van der Waals surface area (Å²) in [5, 5.41) is 11.3. The molecule has 1 rings (SSSR count). The summed E-state index contributed by atoms with van der Waals surface area (Å²) >= 11 is 2.97. The van der Waals surface area contributed by atoms with Gasteiger partial charge in [0.1, 0.15) is 11.9 Å². The second-order valence-electron chi connectivity index (χ2n) is 4.16. The van der Waals surface area contributed by atoms with Gasteiger partial charge in [-0.2, -0.15) is 0 Å². The Morgan fingerprint density at radius 2 is 2.00 bits per heavy atom. The van der Waals surface area contributed by atoms with Crippen molar-refractivity contribution in [2.24, 2.45) is 5.92 Å². The van der Waals surface area contributed by atoms with Gasteiger partial charge in [0.2, 0.25) is 0 Å². The number of nitrogens with one attached hydrogen (secondary N) is 1. The Labute approximate surface area is 112 Å². The van der Waals surface area contributed by atoms with Gasteiger partial charge in [-0.1, -0.05) is 13.8 Å². The molecule has 0 fully saturated rings. The quantitative estimate of drug-likeness (QED) is 0.896. The average molecular weight is 318 g/mol. The number of amides is 1. The van der Waals surface area contributed by atoms with E-state index in [9.17, 15) is 14.0 Å². The van der Waals surface area contributed by atoms with Crippen molar-refractivity contribution in [3.63, 3.8) is 0 Å². The predicted octanol–water partition coefficient (Wildman–Crippen LogP) is 2.43. The van der Waals surface area contributed by atoms with Crippen LogP contribution in [0.15, 0.2) is 22.7 Å². The minimum Gasteiger partial charge on any atom is -0.480 e. The van der Waals surface area contributed by atoms with Crippen molar-refractivity contribution in [3.05, 3.63) is 34.1 Å². The van der Waals surface area contributed by atoms with Crippen LogP contribution in [0.1, 0.15) is 24.2 Å². The van der Waals surface area contributed by atoms with Crippen LogP contribution in [-0.4, -0.2) is 23.0 Å². The maximum Gasteiger partial charge on any atom is 0.326 e. The lowest BCUT2D eigenvalue weighted by atomic mass is 10.0. The number of aliphatic carboxylic acids is 1. The number of halogens is 2. The van der Waals surface area contributed by atoms with Crippen molar-refractivity contribution in [3.8, 4) is 0 Å². The monoisotopic (exact) mass is 317 g/mol. The Morgan fingerprint density at radius 3 is 2.44 bits per heavy atom. The summed E-state index contributed by atoms with van der Waals surface area (Å²) in [4.78, 5) is 22.7. The minimum absolute atomic E-state index is 0.0857. The number of carboxylic acid groups (broad SMARTS) is 1. The lowest BCUT2D eigenvalue weighted by molar-refractivity contribution is -0.140. The highest BCUT2D eigenvalue weighted by molar-refractivity contribution is 9.10. The third-order valence-electron chi connectivity index (χ3n) is 2.40. The van der Waals surface area contributed by atoms with Crippen molar-refractivity contribution in [2.75, 3.05) is 0 Å². The Morgan fingerprint density at radius 1 is 1.39 bits per heavy atom. The number of carboxylic acids is 1. The maximum absolute atomic E-state index is 13.3. The molecule has 0 aliphatic heterocycles. The van der Waals surface area contributed by atoms with Crippen molar-refractivity contribution in [1.82, 2.24) is 5.32 Å². The number of hydrogen-bond donors (Lipinski definition) is 2. The van der Waals surface area contributed by atoms with Gasteiger partial charge in [0.15, 0.2) is 0 Å². The van der Waals surface area contributed by atoms with Crippen LogP contribution in [0.25, 0.3) is 0 Å². The molecule has 4 nitrogen and oxygen atoms in total. The van der Waals surface area contributed by atoms with E-state index in [1.165, 1.54) is 12.1 Å². The van der Waals surface area contributed by atoms with Crippen LogP contribution >= 0.6 is 15.9 Å². The molecule has 0 aliphatic carbocycles. The first kappa shape index (κ1) is 14.6. The summed E-state index contributed by atoms with van der Waals surface area (Å²) < 4.78 is 13.5. The second kappa shape index (κ2) is 5.95. The third kappa shape index (κ3) is 3.53. The van der Waals surface area contributed by atoms with E-state index in [1.54, 1.807) is 13.8 Å². The smallest absolute Gasteiger partial charge is 0.326 e. The van der Waals surface area contributed by atoms with E-state index in [-0.39, 0.29) is 16.0 Å². The van der Waals surface area contributed by atoms with E-state index in [0.29, 0.717) is 0 Å². The van der Waals surface area contributed by atoms with Gasteiger partial charge in [0, 0.05) is 5.56 Å². The zero-order valence-corrected chi connectivity index (χ0v) is 11.5. The molecule has 0 heterocycles. The molecule has 98 valence electrons. The van der Waals surface area contributed by atoms with Crippen LogP contribution in [0.2, 0.25) is 0 Å². The standard InChI is InChI=1S/C12H13BrFNO3/c1-6(2)10(12(17)18)15-11(16)7-3-4-8(13)9(14)5-7/h3-6,10H,1-2H3,(H,15,16)(H,17,18)/t10-/m1/s1. The predicted molar refractivity (Wildman–Crippen MR) is 67.8 cm³/mol. The van der Waals surface area contributed by atoms with Gasteiger partial charge in [0.25, 0.3) is 5.91 Å². The molecule has 0 unspecified atom stereocenters. The normalized spacial score (nSPS) is 12.3. The summed E-state index contributed by atoms with van der Waals surface area (Å²) in [7, 11) is 0. The average Bonchev–Trinajstić information content (AvgIpc) is 2.28. The van der Waals surface area contributed by atoms with Crippen LogP contribution in [0.5, 0.6) is 0 Å². The molecule has 1 atom stereocenters. The van der Waals surface area contributed by atoms with Crippen molar-refractivity contribution in [1.29, 1.82) is 0 Å². The highest BCUT2D eigenvalue weighted by Gasteiger charge is 2.24. The van der Waals surface area contributed by atoms with Gasteiger partial charge in [-0.05, 0) is 40.0 Å². The van der Waals surface area contributed by atoms with Gasteiger partial charge >= 0.3 is 5.97 Å². The van der Waals surface area contributed by atoms with E-state index in [2.05, 4.69) is 21.2 Å². The Kier molecular flexibility index (Phi) is 4.84. The molecule has 0 spiro atoms. The van der Waals surface area contributed by atoms with Crippen LogP contribution in [0, 0.1) is 11.7 Å².